The molecule has 0 aliphatic heterocycles. The number of nitrogens with two attached hydrogens (primary N) is 1. The minimum atomic E-state index is -0.0367. The Bertz CT molecular complexity index is 698. The van der Waals surface area contributed by atoms with Crippen molar-refractivity contribution in [1.82, 2.24) is 10.3 Å². The number of nitrogens with one attached hydrogen (secondary N) is 2. The number of carbonyl (C=O) groups is 1. The monoisotopic (exact) mass is 285 g/mol. The van der Waals surface area contributed by atoms with Crippen LogP contribution < -0.4 is 11.1 Å². The number of rotatable bonds is 3. The molecule has 0 bridgehead atoms. The highest BCUT2D eigenvalue weighted by atomic mass is 16.1. The lowest BCUT2D eigenvalue weighted by atomic mass is 10.0. The lowest BCUT2D eigenvalue weighted by molar-refractivity contribution is 0.0951. The summed E-state index contributed by atoms with van der Waals surface area (Å²) < 4.78 is 0. The molecule has 4 nitrogen and oxygen atoms in total. The minimum absolute atomic E-state index is 0.0367. The van der Waals surface area contributed by atoms with Gasteiger partial charge in [0.1, 0.15) is 0 Å². The first kappa shape index (κ1) is 14.0. The van der Waals surface area contributed by atoms with Crippen LogP contribution in [0.1, 0.15) is 38.1 Å². The SMILES string of the molecule is CC1(C)C(CNC(=O)c2c[nH]c3ccc(N)cc23)C1(C)C. The van der Waals surface area contributed by atoms with Crippen molar-refractivity contribution >= 4 is 22.5 Å². The van der Waals surface area contributed by atoms with Crippen LogP contribution in [0.3, 0.4) is 0 Å². The van der Waals surface area contributed by atoms with Crippen molar-refractivity contribution in [2.45, 2.75) is 27.7 Å². The van der Waals surface area contributed by atoms with Gasteiger partial charge in [-0.15, -0.1) is 0 Å². The van der Waals surface area contributed by atoms with Gasteiger partial charge in [-0.2, -0.15) is 0 Å². The molecule has 0 spiro atoms. The molecule has 0 atom stereocenters. The van der Waals surface area contributed by atoms with Gasteiger partial charge in [-0.3, -0.25) is 4.79 Å². The summed E-state index contributed by atoms with van der Waals surface area (Å²) in [6.07, 6.45) is 1.75. The number of hydrogen-bond acceptors (Lipinski definition) is 2. The van der Waals surface area contributed by atoms with Gasteiger partial charge in [0, 0.05) is 29.3 Å². The lowest BCUT2D eigenvalue weighted by Gasteiger charge is -2.06. The standard InChI is InChI=1S/C17H23N3O/c1-16(2)14(17(16,3)4)9-20-15(21)12-8-19-13-6-5-10(18)7-11(12)13/h5-8,14,19H,9,18H2,1-4H3,(H,20,21). The Hall–Kier alpha value is -1.97. The fourth-order valence-corrected chi connectivity index (χ4v) is 3.46. The molecule has 1 aliphatic carbocycles. The molecule has 2 aromatic rings. The van der Waals surface area contributed by atoms with Crippen LogP contribution in [0.4, 0.5) is 5.69 Å². The second kappa shape index (κ2) is 4.26. The van der Waals surface area contributed by atoms with E-state index in [1.165, 1.54) is 0 Å². The summed E-state index contributed by atoms with van der Waals surface area (Å²) in [5, 5.41) is 3.95. The maximum absolute atomic E-state index is 12.4. The van der Waals surface area contributed by atoms with E-state index < -0.39 is 0 Å². The number of benzene rings is 1. The van der Waals surface area contributed by atoms with Crippen molar-refractivity contribution in [3.63, 3.8) is 0 Å². The number of amides is 1. The van der Waals surface area contributed by atoms with Crippen LogP contribution in [0.15, 0.2) is 24.4 Å². The topological polar surface area (TPSA) is 70.9 Å². The molecule has 1 aromatic heterocycles. The second-order valence-corrected chi connectivity index (χ2v) is 7.21. The number of hydrogen-bond donors (Lipinski definition) is 3. The molecule has 1 aromatic carbocycles. The Labute approximate surface area is 125 Å². The third kappa shape index (κ3) is 2.01. The zero-order valence-electron chi connectivity index (χ0n) is 13.1. The van der Waals surface area contributed by atoms with E-state index in [-0.39, 0.29) is 16.7 Å². The summed E-state index contributed by atoms with van der Waals surface area (Å²) in [6.45, 7) is 9.76. The zero-order valence-corrected chi connectivity index (χ0v) is 13.1. The van der Waals surface area contributed by atoms with Gasteiger partial charge in [-0.05, 0) is 34.9 Å². The number of fused-ring (bicyclic) bond motifs is 1. The Morgan fingerprint density at radius 2 is 1.95 bits per heavy atom. The van der Waals surface area contributed by atoms with E-state index in [0.29, 0.717) is 23.7 Å². The molecule has 1 amide bonds. The van der Waals surface area contributed by atoms with Crippen LogP contribution in [-0.4, -0.2) is 17.4 Å². The van der Waals surface area contributed by atoms with Gasteiger partial charge in [-0.1, -0.05) is 27.7 Å². The molecular formula is C17H23N3O. The predicted molar refractivity (Wildman–Crippen MR) is 86.1 cm³/mol. The highest BCUT2D eigenvalue weighted by Gasteiger charge is 2.64. The molecule has 112 valence electrons. The van der Waals surface area contributed by atoms with E-state index >= 15 is 0 Å². The van der Waals surface area contributed by atoms with Crippen molar-refractivity contribution in [3.05, 3.63) is 30.0 Å². The fourth-order valence-electron chi connectivity index (χ4n) is 3.46. The molecule has 1 saturated carbocycles. The summed E-state index contributed by atoms with van der Waals surface area (Å²) in [4.78, 5) is 15.5. The Balaban J connectivity index is 1.75. The first-order chi connectivity index (χ1) is 9.75. The normalized spacial score (nSPS) is 19.6. The highest BCUT2D eigenvalue weighted by Crippen LogP contribution is 2.67. The molecule has 1 fully saturated rings. The lowest BCUT2D eigenvalue weighted by Crippen LogP contribution is -2.26. The van der Waals surface area contributed by atoms with Gasteiger partial charge in [0.05, 0.1) is 5.56 Å². The van der Waals surface area contributed by atoms with E-state index in [0.717, 1.165) is 10.9 Å². The largest absolute Gasteiger partial charge is 0.399 e. The average molecular weight is 285 g/mol. The molecule has 0 radical (unpaired) electrons. The van der Waals surface area contributed by atoms with Crippen molar-refractivity contribution in [3.8, 4) is 0 Å². The van der Waals surface area contributed by atoms with E-state index in [1.54, 1.807) is 6.20 Å². The van der Waals surface area contributed by atoms with Crippen LogP contribution >= 0.6 is 0 Å². The van der Waals surface area contributed by atoms with Crippen LogP contribution in [-0.2, 0) is 0 Å². The first-order valence-electron chi connectivity index (χ1n) is 7.40. The van der Waals surface area contributed by atoms with Crippen LogP contribution in [0.2, 0.25) is 0 Å². The van der Waals surface area contributed by atoms with Gasteiger partial charge in [0.25, 0.3) is 5.91 Å². The Morgan fingerprint density at radius 3 is 2.57 bits per heavy atom. The number of nitrogen functional groups attached to an aromatic ring is 1. The van der Waals surface area contributed by atoms with E-state index in [1.807, 2.05) is 18.2 Å². The molecule has 3 rings (SSSR count). The molecule has 4 heteroatoms. The number of carbonyl (C=O) groups excluding carboxylic acids is 1. The maximum atomic E-state index is 12.4. The molecule has 1 aliphatic rings. The molecule has 4 N–H and O–H groups in total. The number of anilines is 1. The Kier molecular flexibility index (Phi) is 2.84. The third-order valence-corrected chi connectivity index (χ3v) is 5.74. The number of aromatic amines is 1. The van der Waals surface area contributed by atoms with Crippen LogP contribution in [0, 0.1) is 16.7 Å². The molecular weight excluding hydrogens is 262 g/mol. The van der Waals surface area contributed by atoms with Crippen LogP contribution in [0.5, 0.6) is 0 Å². The Morgan fingerprint density at radius 1 is 1.29 bits per heavy atom. The number of aromatic nitrogens is 1. The summed E-state index contributed by atoms with van der Waals surface area (Å²) >= 11 is 0. The molecule has 21 heavy (non-hydrogen) atoms. The van der Waals surface area contributed by atoms with Gasteiger partial charge in [0.15, 0.2) is 0 Å². The van der Waals surface area contributed by atoms with Crippen molar-refractivity contribution in [1.29, 1.82) is 0 Å². The summed E-state index contributed by atoms with van der Waals surface area (Å²) in [5.74, 6) is 0.481. The third-order valence-electron chi connectivity index (χ3n) is 5.74. The minimum Gasteiger partial charge on any atom is -0.399 e. The molecule has 0 unspecified atom stereocenters. The van der Waals surface area contributed by atoms with Gasteiger partial charge < -0.3 is 16.0 Å². The average Bonchev–Trinajstić information content (AvgIpc) is 2.74. The molecule has 0 saturated heterocycles. The second-order valence-electron chi connectivity index (χ2n) is 7.21. The summed E-state index contributed by atoms with van der Waals surface area (Å²) in [5.41, 5.74) is 8.63. The van der Waals surface area contributed by atoms with Gasteiger partial charge >= 0.3 is 0 Å². The quantitative estimate of drug-likeness (QED) is 0.758. The number of H-pyrrole nitrogens is 1. The maximum Gasteiger partial charge on any atom is 0.253 e. The summed E-state index contributed by atoms with van der Waals surface area (Å²) in [6, 6.07) is 5.57. The fraction of sp³-hybridized carbons (Fsp3) is 0.471. The highest BCUT2D eigenvalue weighted by molar-refractivity contribution is 6.07. The predicted octanol–water partition coefficient (Wildman–Crippen LogP) is 3.16. The van der Waals surface area contributed by atoms with Crippen LogP contribution in [0.25, 0.3) is 10.9 Å². The van der Waals surface area contributed by atoms with Crippen molar-refractivity contribution < 1.29 is 4.79 Å². The smallest absolute Gasteiger partial charge is 0.253 e. The van der Waals surface area contributed by atoms with Crippen molar-refractivity contribution in [2.75, 3.05) is 12.3 Å². The molecule has 1 heterocycles. The van der Waals surface area contributed by atoms with E-state index in [9.17, 15) is 4.79 Å². The first-order valence-corrected chi connectivity index (χ1v) is 7.40. The van der Waals surface area contributed by atoms with Crippen molar-refractivity contribution in [2.24, 2.45) is 16.7 Å². The summed E-state index contributed by atoms with van der Waals surface area (Å²) in [7, 11) is 0. The van der Waals surface area contributed by atoms with Gasteiger partial charge in [0.2, 0.25) is 0 Å². The van der Waals surface area contributed by atoms with Gasteiger partial charge in [-0.25, -0.2) is 0 Å². The zero-order chi connectivity index (χ0) is 15.4. The van der Waals surface area contributed by atoms with E-state index in [4.69, 9.17) is 5.73 Å². The van der Waals surface area contributed by atoms with E-state index in [2.05, 4.69) is 38.0 Å².